The second kappa shape index (κ2) is 8.04. The van der Waals surface area contributed by atoms with Crippen molar-refractivity contribution in [3.8, 4) is 11.3 Å². The molecule has 0 aliphatic carbocycles. The second-order valence-electron chi connectivity index (χ2n) is 7.75. The third kappa shape index (κ3) is 3.61. The van der Waals surface area contributed by atoms with E-state index in [1.807, 2.05) is 13.8 Å². The normalized spacial score (nSPS) is 18.2. The third-order valence-corrected chi connectivity index (χ3v) is 6.09. The van der Waals surface area contributed by atoms with Crippen LogP contribution in [0.1, 0.15) is 47.9 Å². The van der Waals surface area contributed by atoms with Crippen LogP contribution in [0.3, 0.4) is 0 Å². The van der Waals surface area contributed by atoms with Gasteiger partial charge in [0, 0.05) is 34.8 Å². The standard InChI is InChI=1S/C23H21ClF3N3O/c1-4-16-11-17-21(12(2)30(16)23(31)13-6-5-7-15(24)8-13)28-29(3)22(17)14-9-18(25)20(27)19(26)10-14/h5-10,12,16H,4,11H2,1-3H3. The fourth-order valence-electron chi connectivity index (χ4n) is 4.41. The van der Waals surface area contributed by atoms with Gasteiger partial charge in [-0.25, -0.2) is 13.2 Å². The summed E-state index contributed by atoms with van der Waals surface area (Å²) < 4.78 is 42.8. The number of rotatable bonds is 3. The van der Waals surface area contributed by atoms with Crippen molar-refractivity contribution < 1.29 is 18.0 Å². The summed E-state index contributed by atoms with van der Waals surface area (Å²) in [4.78, 5) is 15.1. The van der Waals surface area contributed by atoms with E-state index in [1.165, 1.54) is 4.68 Å². The van der Waals surface area contributed by atoms with Crippen molar-refractivity contribution in [2.45, 2.75) is 38.8 Å². The van der Waals surface area contributed by atoms with Crippen LogP contribution in [0.25, 0.3) is 11.3 Å². The first-order valence-electron chi connectivity index (χ1n) is 10.0. The van der Waals surface area contributed by atoms with E-state index in [1.54, 1.807) is 36.2 Å². The molecule has 31 heavy (non-hydrogen) atoms. The molecule has 2 heterocycles. The average Bonchev–Trinajstić information content (AvgIpc) is 3.07. The Morgan fingerprint density at radius 3 is 2.48 bits per heavy atom. The molecule has 0 fully saturated rings. The smallest absolute Gasteiger partial charge is 0.254 e. The number of hydrogen-bond donors (Lipinski definition) is 0. The molecule has 2 atom stereocenters. The van der Waals surface area contributed by atoms with E-state index in [2.05, 4.69) is 5.10 Å². The number of benzene rings is 2. The highest BCUT2D eigenvalue weighted by molar-refractivity contribution is 6.30. The molecule has 3 aromatic rings. The molecular formula is C23H21ClF3N3O. The first-order chi connectivity index (χ1) is 14.7. The summed E-state index contributed by atoms with van der Waals surface area (Å²) in [6, 6.07) is 8.23. The Labute approximate surface area is 183 Å². The minimum Gasteiger partial charge on any atom is -0.327 e. The van der Waals surface area contributed by atoms with Crippen LogP contribution in [-0.4, -0.2) is 26.6 Å². The molecule has 0 bridgehead atoms. The van der Waals surface area contributed by atoms with Crippen molar-refractivity contribution in [1.82, 2.24) is 14.7 Å². The molecule has 1 aromatic heterocycles. The molecule has 1 aliphatic heterocycles. The highest BCUT2D eigenvalue weighted by Crippen LogP contribution is 2.40. The average molecular weight is 448 g/mol. The highest BCUT2D eigenvalue weighted by Gasteiger charge is 2.38. The lowest BCUT2D eigenvalue weighted by molar-refractivity contribution is 0.0545. The minimum atomic E-state index is -1.50. The first kappa shape index (κ1) is 21.4. The molecule has 4 rings (SSSR count). The predicted octanol–water partition coefficient (Wildman–Crippen LogP) is 5.70. The first-order valence-corrected chi connectivity index (χ1v) is 10.4. The summed E-state index contributed by atoms with van der Waals surface area (Å²) in [5.41, 5.74) is 2.68. The Hall–Kier alpha value is -2.80. The highest BCUT2D eigenvalue weighted by atomic mass is 35.5. The zero-order valence-corrected chi connectivity index (χ0v) is 18.1. The summed E-state index contributed by atoms with van der Waals surface area (Å²) >= 11 is 6.07. The van der Waals surface area contributed by atoms with Gasteiger partial charge in [-0.1, -0.05) is 24.6 Å². The number of halogens is 4. The van der Waals surface area contributed by atoms with E-state index in [9.17, 15) is 18.0 Å². The van der Waals surface area contributed by atoms with Gasteiger partial charge in [0.05, 0.1) is 17.4 Å². The zero-order valence-electron chi connectivity index (χ0n) is 17.3. The maximum Gasteiger partial charge on any atom is 0.254 e. The van der Waals surface area contributed by atoms with Crippen molar-refractivity contribution in [1.29, 1.82) is 0 Å². The molecular weight excluding hydrogens is 427 g/mol. The topological polar surface area (TPSA) is 38.1 Å². The lowest BCUT2D eigenvalue weighted by atomic mass is 9.89. The summed E-state index contributed by atoms with van der Waals surface area (Å²) in [7, 11) is 1.67. The molecule has 4 nitrogen and oxygen atoms in total. The maximum atomic E-state index is 13.9. The molecule has 0 radical (unpaired) electrons. The lowest BCUT2D eigenvalue weighted by Gasteiger charge is -2.40. The van der Waals surface area contributed by atoms with E-state index >= 15 is 0 Å². The fraction of sp³-hybridized carbons (Fsp3) is 0.304. The largest absolute Gasteiger partial charge is 0.327 e. The van der Waals surface area contributed by atoms with Crippen LogP contribution in [0.2, 0.25) is 5.02 Å². The number of carbonyl (C=O) groups is 1. The van der Waals surface area contributed by atoms with E-state index in [0.717, 1.165) is 17.7 Å². The second-order valence-corrected chi connectivity index (χ2v) is 8.19. The Morgan fingerprint density at radius 2 is 1.87 bits per heavy atom. The number of amides is 1. The van der Waals surface area contributed by atoms with Crippen molar-refractivity contribution in [2.24, 2.45) is 7.05 Å². The van der Waals surface area contributed by atoms with Gasteiger partial charge in [0.1, 0.15) is 0 Å². The SMILES string of the molecule is CCC1Cc2c(nn(C)c2-c2cc(F)c(F)c(F)c2)C(C)N1C(=O)c1cccc(Cl)c1. The van der Waals surface area contributed by atoms with E-state index in [4.69, 9.17) is 11.6 Å². The van der Waals surface area contributed by atoms with Crippen LogP contribution >= 0.6 is 11.6 Å². The van der Waals surface area contributed by atoms with Gasteiger partial charge in [-0.2, -0.15) is 5.10 Å². The number of aromatic nitrogens is 2. The Morgan fingerprint density at radius 1 is 1.19 bits per heavy atom. The van der Waals surface area contributed by atoms with Crippen LogP contribution in [0, 0.1) is 17.5 Å². The van der Waals surface area contributed by atoms with Crippen LogP contribution in [0.5, 0.6) is 0 Å². The Balaban J connectivity index is 1.80. The van der Waals surface area contributed by atoms with Gasteiger partial charge in [-0.3, -0.25) is 9.48 Å². The van der Waals surface area contributed by atoms with E-state index in [0.29, 0.717) is 34.8 Å². The van der Waals surface area contributed by atoms with Gasteiger partial charge < -0.3 is 4.90 Å². The van der Waals surface area contributed by atoms with Gasteiger partial charge >= 0.3 is 0 Å². The predicted molar refractivity (Wildman–Crippen MR) is 112 cm³/mol. The van der Waals surface area contributed by atoms with Gasteiger partial charge in [0.25, 0.3) is 5.91 Å². The minimum absolute atomic E-state index is 0.146. The number of hydrogen-bond acceptors (Lipinski definition) is 2. The Bertz CT molecular complexity index is 1150. The van der Waals surface area contributed by atoms with Crippen LogP contribution < -0.4 is 0 Å². The molecule has 0 saturated carbocycles. The van der Waals surface area contributed by atoms with Crippen molar-refractivity contribution in [3.63, 3.8) is 0 Å². The van der Waals surface area contributed by atoms with E-state index < -0.39 is 17.5 Å². The van der Waals surface area contributed by atoms with Gasteiger partial charge in [-0.05, 0) is 50.1 Å². The number of fused-ring (bicyclic) bond motifs is 1. The number of carbonyl (C=O) groups excluding carboxylic acids is 1. The zero-order chi connectivity index (χ0) is 22.4. The molecule has 0 saturated heterocycles. The maximum absolute atomic E-state index is 13.9. The van der Waals surface area contributed by atoms with Crippen LogP contribution in [-0.2, 0) is 13.5 Å². The molecule has 8 heteroatoms. The molecule has 2 unspecified atom stereocenters. The molecule has 162 valence electrons. The Kier molecular flexibility index (Phi) is 5.56. The summed E-state index contributed by atoms with van der Waals surface area (Å²) in [6.45, 7) is 3.86. The van der Waals surface area contributed by atoms with Crippen LogP contribution in [0.15, 0.2) is 36.4 Å². The van der Waals surface area contributed by atoms with Gasteiger partial charge in [0.15, 0.2) is 17.5 Å². The molecule has 0 spiro atoms. The lowest BCUT2D eigenvalue weighted by Crippen LogP contribution is -2.46. The molecule has 2 aromatic carbocycles. The summed E-state index contributed by atoms with van der Waals surface area (Å²) in [6.07, 6.45) is 1.14. The molecule has 1 aliphatic rings. The van der Waals surface area contributed by atoms with Crippen molar-refractivity contribution >= 4 is 17.5 Å². The van der Waals surface area contributed by atoms with Crippen molar-refractivity contribution in [2.75, 3.05) is 0 Å². The number of aryl methyl sites for hydroxylation is 1. The number of nitrogens with zero attached hydrogens (tertiary/aromatic N) is 3. The fourth-order valence-corrected chi connectivity index (χ4v) is 4.60. The van der Waals surface area contributed by atoms with Crippen LogP contribution in [0.4, 0.5) is 13.2 Å². The van der Waals surface area contributed by atoms with Crippen molar-refractivity contribution in [3.05, 3.63) is 75.7 Å². The summed E-state index contributed by atoms with van der Waals surface area (Å²) in [5.74, 6) is -4.16. The molecule has 1 amide bonds. The monoisotopic (exact) mass is 447 g/mol. The van der Waals surface area contributed by atoms with Gasteiger partial charge in [0.2, 0.25) is 0 Å². The summed E-state index contributed by atoms with van der Waals surface area (Å²) in [5, 5.41) is 5.04. The third-order valence-electron chi connectivity index (χ3n) is 5.86. The van der Waals surface area contributed by atoms with E-state index in [-0.39, 0.29) is 23.6 Å². The quantitative estimate of drug-likeness (QED) is 0.483. The molecule has 0 N–H and O–H groups in total. The van der Waals surface area contributed by atoms with Gasteiger partial charge in [-0.15, -0.1) is 0 Å².